The Hall–Kier alpha value is -1.37. The van der Waals surface area contributed by atoms with E-state index < -0.39 is 0 Å². The summed E-state index contributed by atoms with van der Waals surface area (Å²) in [6, 6.07) is 6.71. The highest BCUT2D eigenvalue weighted by Gasteiger charge is 2.04. The number of halogens is 1. The van der Waals surface area contributed by atoms with E-state index in [2.05, 4.69) is 12.2 Å². The molecule has 0 aliphatic heterocycles. The molecule has 0 nitrogen and oxygen atoms in total. The fourth-order valence-corrected chi connectivity index (χ4v) is 1.51. The molecule has 2 rings (SSSR count). The first-order valence-corrected chi connectivity index (χ1v) is 4.44. The van der Waals surface area contributed by atoms with Gasteiger partial charge in [0.25, 0.3) is 0 Å². The Kier molecular flexibility index (Phi) is 2.26. The first-order valence-electron chi connectivity index (χ1n) is 4.44. The summed E-state index contributed by atoms with van der Waals surface area (Å²) in [4.78, 5) is 0. The Labute approximate surface area is 77.4 Å². The van der Waals surface area contributed by atoms with Crippen LogP contribution >= 0.6 is 0 Å². The summed E-state index contributed by atoms with van der Waals surface area (Å²) in [5.74, 6) is 0.326. The van der Waals surface area contributed by atoms with E-state index in [1.165, 1.54) is 17.7 Å². The fraction of sp³-hybridized carbons (Fsp3) is 0.167. The Morgan fingerprint density at radius 2 is 1.62 bits per heavy atom. The third-order valence-corrected chi connectivity index (χ3v) is 2.21. The van der Waals surface area contributed by atoms with Crippen molar-refractivity contribution in [3.8, 4) is 0 Å². The van der Waals surface area contributed by atoms with Gasteiger partial charge in [-0.05, 0) is 30.0 Å². The minimum atomic E-state index is -0.166. The van der Waals surface area contributed by atoms with E-state index in [4.69, 9.17) is 0 Å². The quantitative estimate of drug-likeness (QED) is 0.646. The highest BCUT2D eigenvalue weighted by atomic mass is 19.1. The molecule has 0 fully saturated rings. The topological polar surface area (TPSA) is 0 Å². The molecule has 1 aromatic rings. The zero-order chi connectivity index (χ0) is 9.10. The van der Waals surface area contributed by atoms with E-state index in [1.807, 2.05) is 24.3 Å². The maximum absolute atomic E-state index is 12.6. The van der Waals surface area contributed by atoms with Crippen LogP contribution in [0.25, 0.3) is 0 Å². The molecule has 1 heteroatoms. The molecule has 66 valence electrons. The van der Waals surface area contributed by atoms with Gasteiger partial charge in [0.1, 0.15) is 5.82 Å². The van der Waals surface area contributed by atoms with Crippen LogP contribution in [0.1, 0.15) is 5.56 Å². The Balaban J connectivity index is 2.05. The molecule has 0 radical (unpaired) electrons. The molecular weight excluding hydrogens is 163 g/mol. The number of benzene rings is 1. The molecule has 13 heavy (non-hydrogen) atoms. The van der Waals surface area contributed by atoms with Crippen LogP contribution in [0.5, 0.6) is 0 Å². The lowest BCUT2D eigenvalue weighted by Crippen LogP contribution is -1.95. The van der Waals surface area contributed by atoms with Gasteiger partial charge in [0.15, 0.2) is 0 Å². The van der Waals surface area contributed by atoms with Crippen molar-refractivity contribution < 1.29 is 4.39 Å². The van der Waals surface area contributed by atoms with Crippen molar-refractivity contribution in [3.63, 3.8) is 0 Å². The third kappa shape index (κ3) is 2.05. The first kappa shape index (κ1) is 8.24. The Bertz CT molecular complexity index is 321. The predicted octanol–water partition coefficient (Wildman–Crippen LogP) is 3.11. The maximum Gasteiger partial charge on any atom is 0.123 e. The molecule has 0 saturated heterocycles. The summed E-state index contributed by atoms with van der Waals surface area (Å²) in [6.45, 7) is 0. The van der Waals surface area contributed by atoms with Crippen molar-refractivity contribution in [2.75, 3.05) is 0 Å². The van der Waals surface area contributed by atoms with Gasteiger partial charge in [-0.3, -0.25) is 0 Å². The molecule has 0 N–H and O–H groups in total. The summed E-state index contributed by atoms with van der Waals surface area (Å²) in [5, 5.41) is 0. The molecule has 0 unspecified atom stereocenters. The minimum absolute atomic E-state index is 0.166. The smallest absolute Gasteiger partial charge is 0.123 e. The summed E-state index contributed by atoms with van der Waals surface area (Å²) in [7, 11) is 0. The van der Waals surface area contributed by atoms with Crippen molar-refractivity contribution in [1.29, 1.82) is 0 Å². The van der Waals surface area contributed by atoms with Crippen LogP contribution in [0.15, 0.2) is 48.6 Å². The molecule has 0 spiro atoms. The second-order valence-corrected chi connectivity index (χ2v) is 3.26. The summed E-state index contributed by atoms with van der Waals surface area (Å²) in [6.07, 6.45) is 9.38. The average molecular weight is 174 g/mol. The molecule has 0 saturated carbocycles. The zero-order valence-corrected chi connectivity index (χ0v) is 7.28. The van der Waals surface area contributed by atoms with Crippen LogP contribution < -0.4 is 0 Å². The maximum atomic E-state index is 12.6. The number of hydrogen-bond acceptors (Lipinski definition) is 0. The zero-order valence-electron chi connectivity index (χ0n) is 7.28. The average Bonchev–Trinajstić information content (AvgIpc) is 2.62. The molecular formula is C12H11F. The molecule has 0 amide bonds. The summed E-state index contributed by atoms with van der Waals surface area (Å²) < 4.78 is 12.6. The molecule has 1 aromatic carbocycles. The van der Waals surface area contributed by atoms with Crippen LogP contribution in [0.2, 0.25) is 0 Å². The fourth-order valence-electron chi connectivity index (χ4n) is 1.51. The number of hydrogen-bond donors (Lipinski definition) is 0. The SMILES string of the molecule is Fc1ccc(CC2C=CC=C2)cc1. The van der Waals surface area contributed by atoms with Gasteiger partial charge >= 0.3 is 0 Å². The van der Waals surface area contributed by atoms with Gasteiger partial charge in [-0.25, -0.2) is 4.39 Å². The van der Waals surface area contributed by atoms with Crippen molar-refractivity contribution in [2.24, 2.45) is 5.92 Å². The van der Waals surface area contributed by atoms with Gasteiger partial charge in [0.05, 0.1) is 0 Å². The van der Waals surface area contributed by atoms with Crippen molar-refractivity contribution in [1.82, 2.24) is 0 Å². The first-order chi connectivity index (χ1) is 6.34. The van der Waals surface area contributed by atoms with Crippen LogP contribution in [0, 0.1) is 11.7 Å². The van der Waals surface area contributed by atoms with E-state index in [1.54, 1.807) is 0 Å². The van der Waals surface area contributed by atoms with Gasteiger partial charge in [0.2, 0.25) is 0 Å². The largest absolute Gasteiger partial charge is 0.207 e. The monoisotopic (exact) mass is 174 g/mol. The van der Waals surface area contributed by atoms with Crippen molar-refractivity contribution in [2.45, 2.75) is 6.42 Å². The highest BCUT2D eigenvalue weighted by Crippen LogP contribution is 2.15. The summed E-state index contributed by atoms with van der Waals surface area (Å²) >= 11 is 0. The standard InChI is InChI=1S/C12H11F/c13-12-7-5-11(6-8-12)9-10-3-1-2-4-10/h1-8,10H,9H2. The second kappa shape index (κ2) is 3.56. The third-order valence-electron chi connectivity index (χ3n) is 2.21. The summed E-state index contributed by atoms with van der Waals surface area (Å²) in [5.41, 5.74) is 1.18. The van der Waals surface area contributed by atoms with Crippen LogP contribution in [0.3, 0.4) is 0 Å². The highest BCUT2D eigenvalue weighted by molar-refractivity contribution is 5.23. The van der Waals surface area contributed by atoms with E-state index >= 15 is 0 Å². The van der Waals surface area contributed by atoms with Crippen LogP contribution in [0.4, 0.5) is 4.39 Å². The van der Waals surface area contributed by atoms with Crippen molar-refractivity contribution in [3.05, 3.63) is 60.0 Å². The predicted molar refractivity (Wildman–Crippen MR) is 51.9 cm³/mol. The van der Waals surface area contributed by atoms with E-state index in [0.717, 1.165) is 6.42 Å². The molecule has 0 aromatic heterocycles. The molecule has 0 bridgehead atoms. The molecule has 1 aliphatic rings. The molecule has 0 atom stereocenters. The van der Waals surface area contributed by atoms with E-state index in [9.17, 15) is 4.39 Å². The van der Waals surface area contributed by atoms with Gasteiger partial charge in [-0.15, -0.1) is 0 Å². The van der Waals surface area contributed by atoms with Gasteiger partial charge in [-0.2, -0.15) is 0 Å². The van der Waals surface area contributed by atoms with Crippen LogP contribution in [-0.2, 0) is 6.42 Å². The molecule has 1 aliphatic carbocycles. The van der Waals surface area contributed by atoms with E-state index in [-0.39, 0.29) is 5.82 Å². The van der Waals surface area contributed by atoms with Gasteiger partial charge in [-0.1, -0.05) is 36.4 Å². The lowest BCUT2D eigenvalue weighted by molar-refractivity contribution is 0.626. The Morgan fingerprint density at radius 3 is 2.23 bits per heavy atom. The number of allylic oxidation sites excluding steroid dienone is 4. The lowest BCUT2D eigenvalue weighted by atomic mass is 10.0. The Morgan fingerprint density at radius 1 is 1.00 bits per heavy atom. The van der Waals surface area contributed by atoms with Crippen molar-refractivity contribution >= 4 is 0 Å². The van der Waals surface area contributed by atoms with Crippen LogP contribution in [-0.4, -0.2) is 0 Å². The minimum Gasteiger partial charge on any atom is -0.207 e. The number of rotatable bonds is 2. The van der Waals surface area contributed by atoms with E-state index in [0.29, 0.717) is 5.92 Å². The normalized spacial score (nSPS) is 15.5. The van der Waals surface area contributed by atoms with Gasteiger partial charge in [0, 0.05) is 0 Å². The van der Waals surface area contributed by atoms with Gasteiger partial charge < -0.3 is 0 Å². The lowest BCUT2D eigenvalue weighted by Gasteiger charge is -2.04. The molecule has 0 heterocycles. The second-order valence-electron chi connectivity index (χ2n) is 3.26.